The van der Waals surface area contributed by atoms with Crippen LogP contribution in [0.15, 0.2) is 0 Å². The lowest BCUT2D eigenvalue weighted by Crippen LogP contribution is -2.61. The number of nitrogens with zero attached hydrogens (tertiary/aromatic N) is 1. The molecule has 96 valence electrons. The van der Waals surface area contributed by atoms with Crippen molar-refractivity contribution in [1.29, 1.82) is 0 Å². The summed E-state index contributed by atoms with van der Waals surface area (Å²) < 4.78 is 0. The summed E-state index contributed by atoms with van der Waals surface area (Å²) in [6, 6.07) is 1.36. The first-order valence-electron chi connectivity index (χ1n) is 6.87. The molecule has 0 aromatic rings. The Morgan fingerprint density at radius 2 is 1.94 bits per heavy atom. The maximum atomic E-state index is 3.75. The third kappa shape index (κ3) is 3.21. The van der Waals surface area contributed by atoms with Crippen LogP contribution in [0, 0.1) is 11.3 Å². The van der Waals surface area contributed by atoms with Crippen LogP contribution in [0.4, 0.5) is 0 Å². The SMILES string of the molecule is CCC(C)C1CN(CC)C(C(C)(C)C)CN1. The zero-order chi connectivity index (χ0) is 12.3. The molecule has 1 rings (SSSR count). The van der Waals surface area contributed by atoms with E-state index in [1.807, 2.05) is 0 Å². The highest BCUT2D eigenvalue weighted by Crippen LogP contribution is 2.27. The molecule has 3 unspecified atom stereocenters. The van der Waals surface area contributed by atoms with Gasteiger partial charge in [-0.05, 0) is 17.9 Å². The van der Waals surface area contributed by atoms with Gasteiger partial charge in [-0.2, -0.15) is 0 Å². The quantitative estimate of drug-likeness (QED) is 0.796. The van der Waals surface area contributed by atoms with Crippen molar-refractivity contribution in [3.63, 3.8) is 0 Å². The number of hydrogen-bond acceptors (Lipinski definition) is 2. The van der Waals surface area contributed by atoms with Crippen molar-refractivity contribution in [2.24, 2.45) is 11.3 Å². The molecule has 0 bridgehead atoms. The molecule has 1 heterocycles. The van der Waals surface area contributed by atoms with Crippen LogP contribution in [0.25, 0.3) is 0 Å². The van der Waals surface area contributed by atoms with E-state index in [9.17, 15) is 0 Å². The Morgan fingerprint density at radius 3 is 2.38 bits per heavy atom. The van der Waals surface area contributed by atoms with Crippen molar-refractivity contribution in [3.8, 4) is 0 Å². The molecule has 0 amide bonds. The summed E-state index contributed by atoms with van der Waals surface area (Å²) in [6.07, 6.45) is 1.27. The fourth-order valence-electron chi connectivity index (χ4n) is 2.71. The minimum absolute atomic E-state index is 0.378. The number of hydrogen-bond donors (Lipinski definition) is 1. The summed E-state index contributed by atoms with van der Waals surface area (Å²) in [5.41, 5.74) is 0.378. The molecular formula is C14H30N2. The molecule has 0 aromatic heterocycles. The van der Waals surface area contributed by atoms with Crippen molar-refractivity contribution in [3.05, 3.63) is 0 Å². The molecule has 2 nitrogen and oxygen atoms in total. The molecule has 0 aromatic carbocycles. The average Bonchev–Trinajstić information content (AvgIpc) is 2.25. The molecule has 1 saturated heterocycles. The van der Waals surface area contributed by atoms with Crippen molar-refractivity contribution in [2.75, 3.05) is 19.6 Å². The zero-order valence-electron chi connectivity index (χ0n) is 12.0. The Labute approximate surface area is 102 Å². The van der Waals surface area contributed by atoms with E-state index in [-0.39, 0.29) is 0 Å². The molecular weight excluding hydrogens is 196 g/mol. The van der Waals surface area contributed by atoms with Crippen molar-refractivity contribution >= 4 is 0 Å². The normalized spacial score (nSPS) is 30.4. The zero-order valence-corrected chi connectivity index (χ0v) is 12.0. The van der Waals surface area contributed by atoms with Crippen LogP contribution in [-0.4, -0.2) is 36.6 Å². The highest BCUT2D eigenvalue weighted by molar-refractivity contribution is 4.93. The first-order chi connectivity index (χ1) is 7.40. The summed E-state index contributed by atoms with van der Waals surface area (Å²) >= 11 is 0. The van der Waals surface area contributed by atoms with E-state index in [1.165, 1.54) is 19.5 Å². The molecule has 16 heavy (non-hydrogen) atoms. The third-order valence-corrected chi connectivity index (χ3v) is 4.18. The summed E-state index contributed by atoms with van der Waals surface area (Å²) in [6.45, 7) is 17.5. The number of likely N-dealkylation sites (N-methyl/N-ethyl adjacent to an activating group) is 1. The van der Waals surface area contributed by atoms with Gasteiger partial charge in [-0.3, -0.25) is 4.90 Å². The van der Waals surface area contributed by atoms with Crippen molar-refractivity contribution in [1.82, 2.24) is 10.2 Å². The van der Waals surface area contributed by atoms with Gasteiger partial charge in [0.05, 0.1) is 0 Å². The first kappa shape index (κ1) is 14.0. The van der Waals surface area contributed by atoms with Crippen LogP contribution in [-0.2, 0) is 0 Å². The van der Waals surface area contributed by atoms with Crippen LogP contribution < -0.4 is 5.32 Å². The number of rotatable bonds is 3. The van der Waals surface area contributed by atoms with E-state index in [0.29, 0.717) is 17.5 Å². The maximum absolute atomic E-state index is 3.75. The molecule has 0 saturated carbocycles. The Bertz CT molecular complexity index is 207. The van der Waals surface area contributed by atoms with Gasteiger partial charge in [-0.15, -0.1) is 0 Å². The number of piperazine rings is 1. The predicted octanol–water partition coefficient (Wildman–Crippen LogP) is 2.74. The number of nitrogens with one attached hydrogen (secondary N) is 1. The topological polar surface area (TPSA) is 15.3 Å². The lowest BCUT2D eigenvalue weighted by molar-refractivity contribution is 0.0484. The fraction of sp³-hybridized carbons (Fsp3) is 1.00. The van der Waals surface area contributed by atoms with Crippen LogP contribution in [0.3, 0.4) is 0 Å². The highest BCUT2D eigenvalue weighted by Gasteiger charge is 2.35. The Balaban J connectivity index is 2.64. The van der Waals surface area contributed by atoms with E-state index in [2.05, 4.69) is 51.8 Å². The Kier molecular flexibility index (Phi) is 4.81. The van der Waals surface area contributed by atoms with Gasteiger partial charge in [0.15, 0.2) is 0 Å². The largest absolute Gasteiger partial charge is 0.311 e. The molecule has 3 atom stereocenters. The van der Waals surface area contributed by atoms with Gasteiger partial charge in [0, 0.05) is 25.2 Å². The van der Waals surface area contributed by atoms with E-state index >= 15 is 0 Å². The average molecular weight is 226 g/mol. The first-order valence-corrected chi connectivity index (χ1v) is 6.87. The second kappa shape index (κ2) is 5.50. The standard InChI is InChI=1S/C14H30N2/c1-7-11(3)12-10-16(8-2)13(9-15-12)14(4,5)6/h11-13,15H,7-10H2,1-6H3. The minimum Gasteiger partial charge on any atom is -0.311 e. The molecule has 1 N–H and O–H groups in total. The smallest absolute Gasteiger partial charge is 0.0269 e. The summed E-state index contributed by atoms with van der Waals surface area (Å²) in [7, 11) is 0. The van der Waals surface area contributed by atoms with E-state index in [0.717, 1.165) is 12.5 Å². The highest BCUT2D eigenvalue weighted by atomic mass is 15.2. The van der Waals surface area contributed by atoms with Crippen LogP contribution in [0.2, 0.25) is 0 Å². The minimum atomic E-state index is 0.378. The molecule has 1 fully saturated rings. The molecule has 0 spiro atoms. The van der Waals surface area contributed by atoms with Gasteiger partial charge >= 0.3 is 0 Å². The maximum Gasteiger partial charge on any atom is 0.0269 e. The van der Waals surface area contributed by atoms with Gasteiger partial charge in [0.1, 0.15) is 0 Å². The lowest BCUT2D eigenvalue weighted by atomic mass is 9.82. The summed E-state index contributed by atoms with van der Waals surface area (Å²) in [4.78, 5) is 2.66. The molecule has 1 aliphatic rings. The molecule has 2 heteroatoms. The third-order valence-electron chi connectivity index (χ3n) is 4.18. The van der Waals surface area contributed by atoms with Gasteiger partial charge < -0.3 is 5.32 Å². The predicted molar refractivity (Wildman–Crippen MR) is 71.7 cm³/mol. The molecule has 0 aliphatic carbocycles. The molecule has 0 radical (unpaired) electrons. The van der Waals surface area contributed by atoms with Crippen molar-refractivity contribution < 1.29 is 0 Å². The monoisotopic (exact) mass is 226 g/mol. The summed E-state index contributed by atoms with van der Waals surface area (Å²) in [5.74, 6) is 0.787. The lowest BCUT2D eigenvalue weighted by Gasteiger charge is -2.47. The van der Waals surface area contributed by atoms with E-state index in [4.69, 9.17) is 0 Å². The Morgan fingerprint density at radius 1 is 1.31 bits per heavy atom. The van der Waals surface area contributed by atoms with E-state index in [1.54, 1.807) is 0 Å². The van der Waals surface area contributed by atoms with Gasteiger partial charge in [0.2, 0.25) is 0 Å². The second-order valence-corrected chi connectivity index (χ2v) is 6.37. The fourth-order valence-corrected chi connectivity index (χ4v) is 2.71. The van der Waals surface area contributed by atoms with E-state index < -0.39 is 0 Å². The molecule has 1 aliphatic heterocycles. The van der Waals surface area contributed by atoms with Gasteiger partial charge in [-0.25, -0.2) is 0 Å². The Hall–Kier alpha value is -0.0800. The van der Waals surface area contributed by atoms with Crippen molar-refractivity contribution in [2.45, 2.75) is 60.0 Å². The van der Waals surface area contributed by atoms with Gasteiger partial charge in [0.25, 0.3) is 0 Å². The van der Waals surface area contributed by atoms with Crippen LogP contribution in [0.5, 0.6) is 0 Å². The van der Waals surface area contributed by atoms with Crippen LogP contribution >= 0.6 is 0 Å². The second-order valence-electron chi connectivity index (χ2n) is 6.37. The van der Waals surface area contributed by atoms with Gasteiger partial charge in [-0.1, -0.05) is 48.0 Å². The van der Waals surface area contributed by atoms with Crippen LogP contribution in [0.1, 0.15) is 48.0 Å². The summed E-state index contributed by atoms with van der Waals surface area (Å²) in [5, 5.41) is 3.75.